The van der Waals surface area contributed by atoms with Crippen LogP contribution in [0, 0.1) is 0 Å². The summed E-state index contributed by atoms with van der Waals surface area (Å²) in [6.07, 6.45) is 7.46. The molecule has 7 rings (SSSR count). The number of hydrogen-bond donors (Lipinski definition) is 1. The lowest BCUT2D eigenvalue weighted by Crippen LogP contribution is -2.22. The fourth-order valence-corrected chi connectivity index (χ4v) is 5.16. The zero-order valence-corrected chi connectivity index (χ0v) is 20.6. The SMILES string of the molecule is O=C1NC(=O)C(c2nn(CCCn3ncnn3)c3ccccc23)=C1c1cn(-c2cccnc2)c2ccccc12. The van der Waals surface area contributed by atoms with Crippen molar-refractivity contribution in [1.82, 2.24) is 44.9 Å². The predicted octanol–water partition coefficient (Wildman–Crippen LogP) is 3.02. The molecule has 0 saturated heterocycles. The van der Waals surface area contributed by atoms with Crippen LogP contribution in [0.5, 0.6) is 0 Å². The molecule has 2 amide bonds. The molecule has 5 heterocycles. The van der Waals surface area contributed by atoms with Crippen molar-refractivity contribution in [3.8, 4) is 5.69 Å². The number of hydrogen-bond acceptors (Lipinski definition) is 7. The number of para-hydroxylation sites is 2. The molecule has 0 bridgehead atoms. The molecule has 1 N–H and O–H groups in total. The molecule has 190 valence electrons. The van der Waals surface area contributed by atoms with Gasteiger partial charge in [-0.1, -0.05) is 36.4 Å². The maximum Gasteiger partial charge on any atom is 0.261 e. The summed E-state index contributed by atoms with van der Waals surface area (Å²) in [5.74, 6) is -0.907. The minimum absolute atomic E-state index is 0.266. The minimum atomic E-state index is -0.463. The van der Waals surface area contributed by atoms with Crippen LogP contribution < -0.4 is 5.32 Å². The Labute approximate surface area is 221 Å². The van der Waals surface area contributed by atoms with Crippen molar-refractivity contribution >= 4 is 44.8 Å². The van der Waals surface area contributed by atoms with Crippen LogP contribution in [-0.4, -0.2) is 51.4 Å². The molecular formula is C28H21N9O2. The molecule has 0 spiro atoms. The Hall–Kier alpha value is -5.45. The number of carbonyl (C=O) groups excluding carboxylic acids is 2. The van der Waals surface area contributed by atoms with Crippen LogP contribution in [0.2, 0.25) is 0 Å². The second-order valence-corrected chi connectivity index (χ2v) is 9.15. The number of nitrogens with one attached hydrogen (secondary N) is 1. The molecule has 2 aromatic carbocycles. The summed E-state index contributed by atoms with van der Waals surface area (Å²) in [6.45, 7) is 1.14. The van der Waals surface area contributed by atoms with Gasteiger partial charge in [0.1, 0.15) is 5.69 Å². The summed E-state index contributed by atoms with van der Waals surface area (Å²) in [6, 6.07) is 19.3. The number of rotatable bonds is 7. The highest BCUT2D eigenvalue weighted by molar-refractivity contribution is 6.50. The normalized spacial score (nSPS) is 13.6. The second-order valence-electron chi connectivity index (χ2n) is 9.15. The molecule has 0 aliphatic carbocycles. The molecule has 0 radical (unpaired) electrons. The summed E-state index contributed by atoms with van der Waals surface area (Å²) in [7, 11) is 0. The Morgan fingerprint density at radius 3 is 2.41 bits per heavy atom. The van der Waals surface area contributed by atoms with Gasteiger partial charge in [-0.2, -0.15) is 9.90 Å². The largest absolute Gasteiger partial charge is 0.314 e. The molecule has 1 aliphatic rings. The van der Waals surface area contributed by atoms with E-state index >= 15 is 0 Å². The number of aryl methyl sites for hydroxylation is 2. The zero-order valence-electron chi connectivity index (χ0n) is 20.6. The van der Waals surface area contributed by atoms with E-state index in [0.29, 0.717) is 36.3 Å². The Bertz CT molecular complexity index is 1900. The van der Waals surface area contributed by atoms with E-state index in [1.807, 2.05) is 76.1 Å². The van der Waals surface area contributed by atoms with Gasteiger partial charge in [0.25, 0.3) is 11.8 Å². The topological polar surface area (TPSA) is 125 Å². The summed E-state index contributed by atoms with van der Waals surface area (Å²) in [4.78, 5) is 32.4. The van der Waals surface area contributed by atoms with Crippen molar-refractivity contribution in [2.24, 2.45) is 0 Å². The molecule has 1 aliphatic heterocycles. The molecule has 0 unspecified atom stereocenters. The van der Waals surface area contributed by atoms with Crippen LogP contribution >= 0.6 is 0 Å². The van der Waals surface area contributed by atoms with E-state index in [0.717, 1.165) is 27.5 Å². The van der Waals surface area contributed by atoms with Crippen molar-refractivity contribution in [2.75, 3.05) is 0 Å². The van der Waals surface area contributed by atoms with Gasteiger partial charge in [-0.05, 0) is 35.9 Å². The van der Waals surface area contributed by atoms with Gasteiger partial charge in [0, 0.05) is 35.3 Å². The van der Waals surface area contributed by atoms with Gasteiger partial charge in [0.05, 0.1) is 40.6 Å². The van der Waals surface area contributed by atoms with Gasteiger partial charge in [-0.3, -0.25) is 24.6 Å². The van der Waals surface area contributed by atoms with Crippen LogP contribution in [-0.2, 0) is 22.7 Å². The van der Waals surface area contributed by atoms with Gasteiger partial charge in [-0.25, -0.2) is 0 Å². The number of fused-ring (bicyclic) bond motifs is 2. The van der Waals surface area contributed by atoms with Crippen LogP contribution in [0.15, 0.2) is 85.6 Å². The Kier molecular flexibility index (Phi) is 5.32. The van der Waals surface area contributed by atoms with E-state index in [-0.39, 0.29) is 5.57 Å². The van der Waals surface area contributed by atoms with Crippen molar-refractivity contribution < 1.29 is 9.59 Å². The van der Waals surface area contributed by atoms with Gasteiger partial charge in [0.2, 0.25) is 0 Å². The second kappa shape index (κ2) is 9.14. The first-order chi connectivity index (χ1) is 19.2. The van der Waals surface area contributed by atoms with Crippen LogP contribution in [0.25, 0.3) is 38.6 Å². The monoisotopic (exact) mass is 515 g/mol. The predicted molar refractivity (Wildman–Crippen MR) is 143 cm³/mol. The fraction of sp³-hybridized carbons (Fsp3) is 0.107. The average Bonchev–Trinajstić information content (AvgIpc) is 3.75. The lowest BCUT2D eigenvalue weighted by molar-refractivity contribution is -0.122. The first-order valence-electron chi connectivity index (χ1n) is 12.5. The van der Waals surface area contributed by atoms with Gasteiger partial charge in [-0.15, -0.1) is 10.2 Å². The summed E-state index contributed by atoms with van der Waals surface area (Å²) < 4.78 is 3.84. The van der Waals surface area contributed by atoms with Crippen molar-refractivity contribution in [2.45, 2.75) is 19.5 Å². The van der Waals surface area contributed by atoms with Crippen LogP contribution in [0.1, 0.15) is 17.7 Å². The highest BCUT2D eigenvalue weighted by atomic mass is 16.2. The Balaban J connectivity index is 1.39. The molecule has 39 heavy (non-hydrogen) atoms. The van der Waals surface area contributed by atoms with E-state index in [2.05, 4.69) is 25.7 Å². The number of tetrazole rings is 1. The maximum atomic E-state index is 13.3. The third-order valence-corrected chi connectivity index (χ3v) is 6.85. The molecule has 11 heteroatoms. The highest BCUT2D eigenvalue weighted by Gasteiger charge is 2.36. The van der Waals surface area contributed by atoms with Crippen molar-refractivity contribution in [1.29, 1.82) is 0 Å². The van der Waals surface area contributed by atoms with Gasteiger partial charge in [0.15, 0.2) is 6.33 Å². The summed E-state index contributed by atoms with van der Waals surface area (Å²) >= 11 is 0. The van der Waals surface area contributed by atoms with E-state index in [1.165, 1.54) is 11.1 Å². The fourth-order valence-electron chi connectivity index (χ4n) is 5.16. The number of benzene rings is 2. The summed E-state index contributed by atoms with van der Waals surface area (Å²) in [5, 5.41) is 20.7. The maximum absolute atomic E-state index is 13.3. The molecule has 6 aromatic rings. The van der Waals surface area contributed by atoms with E-state index in [4.69, 9.17) is 5.10 Å². The third kappa shape index (κ3) is 3.79. The number of pyridine rings is 1. The Morgan fingerprint density at radius 2 is 1.62 bits per heavy atom. The van der Waals surface area contributed by atoms with Gasteiger partial charge < -0.3 is 4.57 Å². The standard InChI is InChI=1S/C28H21N9O2/c38-27-24(21-16-35(18-7-5-12-29-15-18)22-10-3-1-8-19(21)22)25(28(39)32-27)26-20-9-2-4-11-23(20)36(33-26)13-6-14-37-31-17-30-34-37/h1-5,7-12,15-17H,6,13-14H2,(H,32,38,39). The average molecular weight is 516 g/mol. The van der Waals surface area contributed by atoms with Crippen molar-refractivity contribution in [3.05, 3.63) is 96.8 Å². The Morgan fingerprint density at radius 1 is 0.821 bits per heavy atom. The summed E-state index contributed by atoms with van der Waals surface area (Å²) in [5.41, 5.74) is 4.32. The van der Waals surface area contributed by atoms with Gasteiger partial charge >= 0.3 is 0 Å². The molecule has 0 atom stereocenters. The first-order valence-corrected chi connectivity index (χ1v) is 12.5. The smallest absolute Gasteiger partial charge is 0.261 e. The molecular weight excluding hydrogens is 494 g/mol. The number of carbonyl (C=O) groups is 2. The highest BCUT2D eigenvalue weighted by Crippen LogP contribution is 2.38. The zero-order chi connectivity index (χ0) is 26.3. The third-order valence-electron chi connectivity index (χ3n) is 6.85. The number of nitrogens with zero attached hydrogens (tertiary/aromatic N) is 8. The van der Waals surface area contributed by atoms with E-state index < -0.39 is 11.8 Å². The molecule has 4 aromatic heterocycles. The first kappa shape index (κ1) is 22.7. The number of aromatic nitrogens is 8. The number of imide groups is 1. The molecule has 11 nitrogen and oxygen atoms in total. The van der Waals surface area contributed by atoms with E-state index in [1.54, 1.807) is 12.4 Å². The lowest BCUT2D eigenvalue weighted by Gasteiger charge is -2.03. The lowest BCUT2D eigenvalue weighted by atomic mass is 9.97. The van der Waals surface area contributed by atoms with E-state index in [9.17, 15) is 9.59 Å². The van der Waals surface area contributed by atoms with Crippen LogP contribution in [0.3, 0.4) is 0 Å². The quantitative estimate of drug-likeness (QED) is 0.324. The molecule has 0 fully saturated rings. The van der Waals surface area contributed by atoms with Crippen molar-refractivity contribution in [3.63, 3.8) is 0 Å². The van der Waals surface area contributed by atoms with Crippen LogP contribution in [0.4, 0.5) is 0 Å². The molecule has 0 saturated carbocycles. The minimum Gasteiger partial charge on any atom is -0.314 e. The number of amides is 2.